The van der Waals surface area contributed by atoms with Gasteiger partial charge in [-0.05, 0) is 34.1 Å². The zero-order chi connectivity index (χ0) is 16.1. The molecular weight excluding hydrogens is 266 g/mol. The van der Waals surface area contributed by atoms with Crippen LogP contribution in [-0.4, -0.2) is 28.2 Å². The third kappa shape index (κ3) is 5.59. The quantitative estimate of drug-likeness (QED) is 0.521. The molecule has 123 valence electrons. The second kappa shape index (κ2) is 7.59. The van der Waals surface area contributed by atoms with Crippen LogP contribution in [0.4, 0.5) is 0 Å². The molecular formula is C17H32NO3. The molecule has 0 spiro atoms. The fourth-order valence-electron chi connectivity index (χ4n) is 3.37. The number of nitrogens with zero attached hydrogens (tertiary/aromatic N) is 1. The molecule has 1 aliphatic rings. The van der Waals surface area contributed by atoms with Gasteiger partial charge in [-0.2, -0.15) is 0 Å². The number of ether oxygens (including phenoxy) is 1. The molecule has 0 bridgehead atoms. The summed E-state index contributed by atoms with van der Waals surface area (Å²) < 4.78 is 5.61. The lowest BCUT2D eigenvalue weighted by molar-refractivity contribution is -0.299. The Hall–Kier alpha value is -0.610. The van der Waals surface area contributed by atoms with E-state index in [1.807, 2.05) is 27.7 Å². The third-order valence-corrected chi connectivity index (χ3v) is 4.34. The van der Waals surface area contributed by atoms with Crippen molar-refractivity contribution in [1.82, 2.24) is 5.06 Å². The van der Waals surface area contributed by atoms with Gasteiger partial charge in [-0.15, -0.1) is 10.3 Å². The Kier molecular flexibility index (Phi) is 6.67. The van der Waals surface area contributed by atoms with E-state index in [4.69, 9.17) is 4.74 Å². The van der Waals surface area contributed by atoms with Gasteiger partial charge in [-0.3, -0.25) is 4.79 Å². The number of esters is 1. The molecule has 1 fully saturated rings. The van der Waals surface area contributed by atoms with E-state index in [-0.39, 0.29) is 12.1 Å². The van der Waals surface area contributed by atoms with Crippen molar-refractivity contribution in [3.63, 3.8) is 0 Å². The number of carbonyl (C=O) groups excluding carboxylic acids is 1. The van der Waals surface area contributed by atoms with E-state index in [1.54, 1.807) is 0 Å². The highest BCUT2D eigenvalue weighted by Crippen LogP contribution is 2.38. The molecule has 1 saturated heterocycles. The first-order chi connectivity index (χ1) is 9.69. The Morgan fingerprint density at radius 2 is 1.57 bits per heavy atom. The Labute approximate surface area is 129 Å². The molecule has 1 aliphatic heterocycles. The molecule has 0 saturated carbocycles. The SMILES string of the molecule is CCCCCCCC(=O)OC1CC(C)(C)N([O])C(C)(C)C1. The first-order valence-electron chi connectivity index (χ1n) is 8.36. The van der Waals surface area contributed by atoms with Gasteiger partial charge in [0, 0.05) is 30.3 Å². The van der Waals surface area contributed by atoms with Gasteiger partial charge >= 0.3 is 5.97 Å². The maximum Gasteiger partial charge on any atom is 0.306 e. The third-order valence-electron chi connectivity index (χ3n) is 4.34. The van der Waals surface area contributed by atoms with Crippen molar-refractivity contribution in [2.24, 2.45) is 0 Å². The lowest BCUT2D eigenvalue weighted by atomic mass is 9.80. The number of hydroxylamine groups is 2. The highest BCUT2D eigenvalue weighted by atomic mass is 16.5. The summed E-state index contributed by atoms with van der Waals surface area (Å²) in [6.45, 7) is 9.87. The lowest BCUT2D eigenvalue weighted by Crippen LogP contribution is -2.60. The summed E-state index contributed by atoms with van der Waals surface area (Å²) in [6.07, 6.45) is 7.24. The maximum atomic E-state index is 12.2. The molecule has 1 heterocycles. The van der Waals surface area contributed by atoms with E-state index in [0.717, 1.165) is 17.9 Å². The first kappa shape index (κ1) is 18.4. The second-order valence-electron chi connectivity index (χ2n) is 7.60. The molecule has 0 unspecified atom stereocenters. The largest absolute Gasteiger partial charge is 0.462 e. The van der Waals surface area contributed by atoms with Gasteiger partial charge < -0.3 is 4.74 Å². The number of hydrogen-bond donors (Lipinski definition) is 0. The van der Waals surface area contributed by atoms with Crippen LogP contribution in [0.2, 0.25) is 0 Å². The van der Waals surface area contributed by atoms with Crippen molar-refractivity contribution in [2.45, 2.75) is 103 Å². The molecule has 0 aromatic carbocycles. The number of rotatable bonds is 7. The topological polar surface area (TPSA) is 49.4 Å². The summed E-state index contributed by atoms with van der Waals surface area (Å²) in [6, 6.07) is 0. The monoisotopic (exact) mass is 298 g/mol. The van der Waals surface area contributed by atoms with Crippen LogP contribution in [0.25, 0.3) is 0 Å². The van der Waals surface area contributed by atoms with E-state index in [9.17, 15) is 10.0 Å². The van der Waals surface area contributed by atoms with Gasteiger partial charge in [0.1, 0.15) is 6.10 Å². The van der Waals surface area contributed by atoms with Crippen LogP contribution in [0.1, 0.15) is 86.0 Å². The fraction of sp³-hybridized carbons (Fsp3) is 0.941. The molecule has 4 heteroatoms. The zero-order valence-electron chi connectivity index (χ0n) is 14.4. The summed E-state index contributed by atoms with van der Waals surface area (Å²) in [4.78, 5) is 11.9. The van der Waals surface area contributed by atoms with Crippen molar-refractivity contribution < 1.29 is 14.7 Å². The Morgan fingerprint density at radius 1 is 1.05 bits per heavy atom. The molecule has 1 rings (SSSR count). The van der Waals surface area contributed by atoms with Gasteiger partial charge in [-0.25, -0.2) is 0 Å². The van der Waals surface area contributed by atoms with Crippen molar-refractivity contribution in [3.05, 3.63) is 0 Å². The van der Waals surface area contributed by atoms with Crippen LogP contribution >= 0.6 is 0 Å². The number of hydrogen-bond acceptors (Lipinski definition) is 3. The molecule has 0 aliphatic carbocycles. The number of piperidine rings is 1. The minimum atomic E-state index is -0.478. The van der Waals surface area contributed by atoms with Gasteiger partial charge in [0.05, 0.1) is 0 Å². The van der Waals surface area contributed by atoms with Gasteiger partial charge in [-0.1, -0.05) is 32.6 Å². The first-order valence-corrected chi connectivity index (χ1v) is 8.36. The van der Waals surface area contributed by atoms with E-state index in [1.165, 1.54) is 19.3 Å². The molecule has 0 aromatic rings. The van der Waals surface area contributed by atoms with Crippen molar-refractivity contribution in [2.75, 3.05) is 0 Å². The predicted molar refractivity (Wildman–Crippen MR) is 83.2 cm³/mol. The van der Waals surface area contributed by atoms with Gasteiger partial charge in [0.25, 0.3) is 0 Å². The lowest BCUT2D eigenvalue weighted by Gasteiger charge is -2.49. The minimum Gasteiger partial charge on any atom is -0.462 e. The molecule has 21 heavy (non-hydrogen) atoms. The zero-order valence-corrected chi connectivity index (χ0v) is 14.4. The van der Waals surface area contributed by atoms with Crippen LogP contribution < -0.4 is 0 Å². The Balaban J connectivity index is 2.39. The summed E-state index contributed by atoms with van der Waals surface area (Å²) in [7, 11) is 0. The molecule has 0 aromatic heterocycles. The van der Waals surface area contributed by atoms with Gasteiger partial charge in [0.15, 0.2) is 0 Å². The Bertz CT molecular complexity index is 321. The van der Waals surface area contributed by atoms with E-state index in [0.29, 0.717) is 19.3 Å². The second-order valence-corrected chi connectivity index (χ2v) is 7.60. The van der Waals surface area contributed by atoms with Crippen molar-refractivity contribution in [3.8, 4) is 0 Å². The van der Waals surface area contributed by atoms with Crippen molar-refractivity contribution >= 4 is 5.97 Å². The summed E-state index contributed by atoms with van der Waals surface area (Å²) >= 11 is 0. The predicted octanol–water partition coefficient (Wildman–Crippen LogP) is 4.26. The maximum absolute atomic E-state index is 12.2. The standard InChI is InChI=1S/C17H32NO3/c1-6-7-8-9-10-11-15(19)21-14-12-16(2,3)18(20)17(4,5)13-14/h14H,6-13H2,1-5H3. The smallest absolute Gasteiger partial charge is 0.306 e. The van der Waals surface area contributed by atoms with E-state index in [2.05, 4.69) is 6.92 Å². The van der Waals surface area contributed by atoms with Gasteiger partial charge in [0.2, 0.25) is 0 Å². The molecule has 1 radical (unpaired) electrons. The van der Waals surface area contributed by atoms with Crippen LogP contribution in [0.15, 0.2) is 0 Å². The Morgan fingerprint density at radius 3 is 2.10 bits per heavy atom. The van der Waals surface area contributed by atoms with Crippen molar-refractivity contribution in [1.29, 1.82) is 0 Å². The number of unbranched alkanes of at least 4 members (excludes halogenated alkanes) is 4. The van der Waals surface area contributed by atoms with E-state index < -0.39 is 11.1 Å². The van der Waals surface area contributed by atoms with Crippen LogP contribution in [0.5, 0.6) is 0 Å². The molecule has 0 atom stereocenters. The van der Waals surface area contributed by atoms with Crippen LogP contribution in [0.3, 0.4) is 0 Å². The number of carbonyl (C=O) groups is 1. The summed E-state index contributed by atoms with van der Waals surface area (Å²) in [5.74, 6) is -0.109. The summed E-state index contributed by atoms with van der Waals surface area (Å²) in [5, 5.41) is 13.4. The normalized spacial score (nSPS) is 22.2. The average molecular weight is 298 g/mol. The van der Waals surface area contributed by atoms with Crippen LogP contribution in [0, 0.1) is 0 Å². The van der Waals surface area contributed by atoms with Crippen LogP contribution in [-0.2, 0) is 14.7 Å². The van der Waals surface area contributed by atoms with E-state index >= 15 is 0 Å². The highest BCUT2D eigenvalue weighted by molar-refractivity contribution is 5.69. The minimum absolute atomic E-state index is 0.109. The molecule has 0 N–H and O–H groups in total. The molecule has 0 amide bonds. The summed E-state index contributed by atoms with van der Waals surface area (Å²) in [5.41, 5.74) is -0.957. The fourth-order valence-corrected chi connectivity index (χ4v) is 3.37. The highest BCUT2D eigenvalue weighted by Gasteiger charge is 2.47. The molecule has 4 nitrogen and oxygen atoms in total. The average Bonchev–Trinajstić information content (AvgIpc) is 2.35.